The highest BCUT2D eigenvalue weighted by atomic mass is 16.5. The predicted octanol–water partition coefficient (Wildman–Crippen LogP) is 1.31. The molecule has 0 bridgehead atoms. The fourth-order valence-electron chi connectivity index (χ4n) is 1.76. The van der Waals surface area contributed by atoms with Crippen molar-refractivity contribution in [2.24, 2.45) is 0 Å². The second-order valence-electron chi connectivity index (χ2n) is 4.35. The van der Waals surface area contributed by atoms with E-state index >= 15 is 0 Å². The number of methoxy groups -OCH3 is 2. The molecule has 1 aromatic rings. The van der Waals surface area contributed by atoms with Crippen molar-refractivity contribution in [3.63, 3.8) is 0 Å². The average molecular weight is 266 g/mol. The summed E-state index contributed by atoms with van der Waals surface area (Å²) in [4.78, 5) is 14.2. The first-order valence-corrected chi connectivity index (χ1v) is 6.23. The Morgan fingerprint density at radius 2 is 1.79 bits per heavy atom. The Balaban J connectivity index is 2.87. The molecule has 0 aliphatic rings. The standard InChI is InChI=1S/C14H22N2O3/c1-11-4-5-12(15)10-13(11)14(17)16(6-8-18-2)7-9-19-3/h4-5,10H,6-9,15H2,1-3H3. The number of carbonyl (C=O) groups is 1. The molecule has 1 aromatic carbocycles. The number of hydrogen-bond donors (Lipinski definition) is 1. The molecule has 5 nitrogen and oxygen atoms in total. The molecular formula is C14H22N2O3. The molecule has 1 amide bonds. The van der Waals surface area contributed by atoms with Gasteiger partial charge in [-0.1, -0.05) is 6.07 Å². The smallest absolute Gasteiger partial charge is 0.254 e. The van der Waals surface area contributed by atoms with E-state index in [0.29, 0.717) is 37.6 Å². The van der Waals surface area contributed by atoms with Gasteiger partial charge >= 0.3 is 0 Å². The minimum Gasteiger partial charge on any atom is -0.399 e. The van der Waals surface area contributed by atoms with Crippen molar-refractivity contribution in [2.45, 2.75) is 6.92 Å². The largest absolute Gasteiger partial charge is 0.399 e. The van der Waals surface area contributed by atoms with Gasteiger partial charge in [0.2, 0.25) is 0 Å². The van der Waals surface area contributed by atoms with E-state index in [2.05, 4.69) is 0 Å². The first kappa shape index (κ1) is 15.5. The summed E-state index contributed by atoms with van der Waals surface area (Å²) in [5, 5.41) is 0. The summed E-state index contributed by atoms with van der Waals surface area (Å²) in [6, 6.07) is 5.36. The molecule has 1 rings (SSSR count). The Kier molecular flexibility index (Phi) is 6.32. The molecule has 19 heavy (non-hydrogen) atoms. The molecule has 0 saturated heterocycles. The van der Waals surface area contributed by atoms with Gasteiger partial charge in [-0.3, -0.25) is 4.79 Å². The van der Waals surface area contributed by atoms with Gasteiger partial charge in [-0.25, -0.2) is 0 Å². The van der Waals surface area contributed by atoms with Crippen molar-refractivity contribution in [2.75, 3.05) is 46.3 Å². The lowest BCUT2D eigenvalue weighted by Crippen LogP contribution is -2.36. The lowest BCUT2D eigenvalue weighted by atomic mass is 10.1. The fourth-order valence-corrected chi connectivity index (χ4v) is 1.76. The Hall–Kier alpha value is -1.59. The highest BCUT2D eigenvalue weighted by molar-refractivity contribution is 5.96. The number of aryl methyl sites for hydroxylation is 1. The van der Waals surface area contributed by atoms with E-state index in [1.165, 1.54) is 0 Å². The van der Waals surface area contributed by atoms with Gasteiger partial charge in [0.05, 0.1) is 13.2 Å². The van der Waals surface area contributed by atoms with Crippen molar-refractivity contribution >= 4 is 11.6 Å². The maximum atomic E-state index is 12.5. The molecule has 0 aliphatic carbocycles. The Bertz CT molecular complexity index is 413. The van der Waals surface area contributed by atoms with Crippen LogP contribution in [0.1, 0.15) is 15.9 Å². The average Bonchev–Trinajstić information content (AvgIpc) is 2.41. The molecular weight excluding hydrogens is 244 g/mol. The molecule has 0 radical (unpaired) electrons. The molecule has 0 saturated carbocycles. The highest BCUT2D eigenvalue weighted by Gasteiger charge is 2.17. The van der Waals surface area contributed by atoms with Crippen LogP contribution in [0.5, 0.6) is 0 Å². The number of anilines is 1. The molecule has 0 heterocycles. The monoisotopic (exact) mass is 266 g/mol. The Morgan fingerprint density at radius 3 is 2.32 bits per heavy atom. The number of nitrogens with two attached hydrogens (primary N) is 1. The van der Waals surface area contributed by atoms with Crippen LogP contribution in [0.15, 0.2) is 18.2 Å². The summed E-state index contributed by atoms with van der Waals surface area (Å²) in [5.41, 5.74) is 7.88. The van der Waals surface area contributed by atoms with Crippen molar-refractivity contribution in [3.8, 4) is 0 Å². The molecule has 0 aromatic heterocycles. The van der Waals surface area contributed by atoms with Gasteiger partial charge in [-0.05, 0) is 24.6 Å². The van der Waals surface area contributed by atoms with E-state index in [4.69, 9.17) is 15.2 Å². The van der Waals surface area contributed by atoms with E-state index in [0.717, 1.165) is 5.56 Å². The van der Waals surface area contributed by atoms with Gasteiger partial charge in [0.25, 0.3) is 5.91 Å². The summed E-state index contributed by atoms with van der Waals surface area (Å²) in [5.74, 6) is -0.0427. The normalized spacial score (nSPS) is 10.5. The first-order chi connectivity index (χ1) is 9.10. The Morgan fingerprint density at radius 1 is 1.21 bits per heavy atom. The van der Waals surface area contributed by atoms with E-state index in [1.54, 1.807) is 31.3 Å². The summed E-state index contributed by atoms with van der Waals surface area (Å²) >= 11 is 0. The number of amides is 1. The van der Waals surface area contributed by atoms with E-state index in [9.17, 15) is 4.79 Å². The van der Waals surface area contributed by atoms with Crippen LogP contribution in [0.4, 0.5) is 5.69 Å². The molecule has 106 valence electrons. The number of nitrogens with zero attached hydrogens (tertiary/aromatic N) is 1. The van der Waals surface area contributed by atoms with Crippen LogP contribution in [0, 0.1) is 6.92 Å². The van der Waals surface area contributed by atoms with Crippen LogP contribution in [-0.2, 0) is 9.47 Å². The molecule has 0 atom stereocenters. The summed E-state index contributed by atoms with van der Waals surface area (Å²) in [6.07, 6.45) is 0. The number of ether oxygens (including phenoxy) is 2. The molecule has 0 fully saturated rings. The third-order valence-corrected chi connectivity index (χ3v) is 2.91. The zero-order chi connectivity index (χ0) is 14.3. The van der Waals surface area contributed by atoms with Crippen molar-refractivity contribution in [3.05, 3.63) is 29.3 Å². The zero-order valence-corrected chi connectivity index (χ0v) is 11.8. The predicted molar refractivity (Wildman–Crippen MR) is 75.2 cm³/mol. The summed E-state index contributed by atoms with van der Waals surface area (Å²) in [6.45, 7) is 3.96. The maximum absolute atomic E-state index is 12.5. The SMILES string of the molecule is COCCN(CCOC)C(=O)c1cc(N)ccc1C. The molecule has 0 unspecified atom stereocenters. The second-order valence-corrected chi connectivity index (χ2v) is 4.35. The third-order valence-electron chi connectivity index (χ3n) is 2.91. The van der Waals surface area contributed by atoms with E-state index in [1.807, 2.05) is 13.0 Å². The first-order valence-electron chi connectivity index (χ1n) is 6.23. The number of carbonyl (C=O) groups excluding carboxylic acids is 1. The van der Waals surface area contributed by atoms with Crippen molar-refractivity contribution in [1.82, 2.24) is 4.90 Å². The maximum Gasteiger partial charge on any atom is 0.254 e. The minimum absolute atomic E-state index is 0.0427. The van der Waals surface area contributed by atoms with Crippen LogP contribution in [0.3, 0.4) is 0 Å². The number of rotatable bonds is 7. The highest BCUT2D eigenvalue weighted by Crippen LogP contribution is 2.15. The lowest BCUT2D eigenvalue weighted by Gasteiger charge is -2.23. The van der Waals surface area contributed by atoms with Crippen LogP contribution < -0.4 is 5.73 Å². The van der Waals surface area contributed by atoms with Crippen LogP contribution in [0.25, 0.3) is 0 Å². The third kappa shape index (κ3) is 4.54. The minimum atomic E-state index is -0.0427. The number of nitrogen functional groups attached to an aromatic ring is 1. The van der Waals surface area contributed by atoms with E-state index in [-0.39, 0.29) is 5.91 Å². The molecule has 2 N–H and O–H groups in total. The van der Waals surface area contributed by atoms with Gasteiger partial charge in [0, 0.05) is 38.6 Å². The zero-order valence-electron chi connectivity index (χ0n) is 11.8. The van der Waals surface area contributed by atoms with Gasteiger partial charge in [-0.2, -0.15) is 0 Å². The second kappa shape index (κ2) is 7.76. The van der Waals surface area contributed by atoms with Gasteiger partial charge in [0.1, 0.15) is 0 Å². The number of benzene rings is 1. The summed E-state index contributed by atoms with van der Waals surface area (Å²) in [7, 11) is 3.23. The molecule has 0 spiro atoms. The fraction of sp³-hybridized carbons (Fsp3) is 0.500. The number of hydrogen-bond acceptors (Lipinski definition) is 4. The van der Waals surface area contributed by atoms with Crippen LogP contribution >= 0.6 is 0 Å². The summed E-state index contributed by atoms with van der Waals surface area (Å²) < 4.78 is 10.1. The quantitative estimate of drug-likeness (QED) is 0.756. The van der Waals surface area contributed by atoms with Gasteiger partial charge in [-0.15, -0.1) is 0 Å². The van der Waals surface area contributed by atoms with Crippen LogP contribution in [0.2, 0.25) is 0 Å². The van der Waals surface area contributed by atoms with Crippen molar-refractivity contribution in [1.29, 1.82) is 0 Å². The molecule has 5 heteroatoms. The topological polar surface area (TPSA) is 64.8 Å². The van der Waals surface area contributed by atoms with Crippen LogP contribution in [-0.4, -0.2) is 51.3 Å². The van der Waals surface area contributed by atoms with Gasteiger partial charge in [0.15, 0.2) is 0 Å². The van der Waals surface area contributed by atoms with Gasteiger partial charge < -0.3 is 20.1 Å². The lowest BCUT2D eigenvalue weighted by molar-refractivity contribution is 0.0626. The Labute approximate surface area is 114 Å². The van der Waals surface area contributed by atoms with Crippen molar-refractivity contribution < 1.29 is 14.3 Å². The molecule has 0 aliphatic heterocycles. The van der Waals surface area contributed by atoms with E-state index < -0.39 is 0 Å².